The Morgan fingerprint density at radius 2 is 2.26 bits per heavy atom. The van der Waals surface area contributed by atoms with Gasteiger partial charge >= 0.3 is 0 Å². The summed E-state index contributed by atoms with van der Waals surface area (Å²) < 4.78 is 41.0. The molecule has 1 aromatic carbocycles. The fourth-order valence-corrected chi connectivity index (χ4v) is 4.24. The van der Waals surface area contributed by atoms with Crippen LogP contribution in [0.15, 0.2) is 18.2 Å². The van der Waals surface area contributed by atoms with E-state index in [0.29, 0.717) is 12.0 Å². The van der Waals surface area contributed by atoms with Crippen molar-refractivity contribution >= 4 is 9.84 Å². The van der Waals surface area contributed by atoms with Crippen LogP contribution in [0.4, 0.5) is 4.39 Å². The average Bonchev–Trinajstić information content (AvgIpc) is 2.70. The quantitative estimate of drug-likeness (QED) is 0.903. The summed E-state index contributed by atoms with van der Waals surface area (Å²) in [6, 6.07) is 4.49. The zero-order chi connectivity index (χ0) is 14.0. The number of methoxy groups -OCH3 is 1. The van der Waals surface area contributed by atoms with E-state index in [1.165, 1.54) is 19.2 Å². The molecule has 2 rings (SSSR count). The maximum atomic E-state index is 13.5. The monoisotopic (exact) mass is 288 g/mol. The summed E-state index contributed by atoms with van der Waals surface area (Å²) in [4.78, 5) is 0. The van der Waals surface area contributed by atoms with Gasteiger partial charge in [-0.05, 0) is 30.5 Å². The third kappa shape index (κ3) is 3.45. The molecule has 1 aliphatic rings. The number of sulfone groups is 1. The van der Waals surface area contributed by atoms with Gasteiger partial charge in [-0.25, -0.2) is 12.8 Å². The molecule has 0 spiro atoms. The second kappa shape index (κ2) is 5.46. The fraction of sp³-hybridized carbons (Fsp3) is 0.538. The Hall–Kier alpha value is -1.14. The van der Waals surface area contributed by atoms with E-state index in [4.69, 9.17) is 4.74 Å². The van der Waals surface area contributed by atoms with E-state index in [1.807, 2.05) is 0 Å². The molecule has 19 heavy (non-hydrogen) atoms. The number of rotatable bonds is 4. The van der Waals surface area contributed by atoms with E-state index < -0.39 is 21.8 Å². The Labute approximate surface area is 112 Å². The molecule has 4 nitrogen and oxygen atoms in total. The average molecular weight is 288 g/mol. The van der Waals surface area contributed by atoms with Gasteiger partial charge in [0.05, 0.1) is 24.7 Å². The highest BCUT2D eigenvalue weighted by Gasteiger charge is 2.32. The van der Waals surface area contributed by atoms with Gasteiger partial charge in [0.15, 0.2) is 21.4 Å². The lowest BCUT2D eigenvalue weighted by Gasteiger charge is -2.16. The maximum absolute atomic E-state index is 13.5. The first kappa shape index (κ1) is 14.3. The zero-order valence-corrected chi connectivity index (χ0v) is 11.5. The largest absolute Gasteiger partial charge is 0.494 e. The van der Waals surface area contributed by atoms with E-state index in [0.717, 1.165) is 0 Å². The molecule has 0 saturated carbocycles. The molecule has 0 aliphatic carbocycles. The molecule has 0 radical (unpaired) electrons. The van der Waals surface area contributed by atoms with Gasteiger partial charge in [-0.1, -0.05) is 6.07 Å². The highest BCUT2D eigenvalue weighted by atomic mass is 32.2. The van der Waals surface area contributed by atoms with Gasteiger partial charge in [0, 0.05) is 5.92 Å². The summed E-state index contributed by atoms with van der Waals surface area (Å²) in [5, 5.41) is 10.0. The lowest BCUT2D eigenvalue weighted by molar-refractivity contribution is 0.120. The second-order valence-corrected chi connectivity index (χ2v) is 7.13. The first-order valence-corrected chi connectivity index (χ1v) is 7.94. The lowest BCUT2D eigenvalue weighted by atomic mass is 9.95. The van der Waals surface area contributed by atoms with Gasteiger partial charge in [-0.15, -0.1) is 0 Å². The van der Waals surface area contributed by atoms with E-state index >= 15 is 0 Å². The van der Waals surface area contributed by atoms with E-state index in [9.17, 15) is 17.9 Å². The maximum Gasteiger partial charge on any atom is 0.165 e. The van der Waals surface area contributed by atoms with E-state index in [-0.39, 0.29) is 29.6 Å². The molecular formula is C13H17FO4S. The normalized spacial score (nSPS) is 23.2. The van der Waals surface area contributed by atoms with Crippen molar-refractivity contribution in [1.82, 2.24) is 0 Å². The third-order valence-electron chi connectivity index (χ3n) is 3.47. The number of ether oxygens (including phenoxy) is 1. The van der Waals surface area contributed by atoms with E-state index in [1.54, 1.807) is 6.07 Å². The molecular weight excluding hydrogens is 271 g/mol. The van der Waals surface area contributed by atoms with Crippen LogP contribution >= 0.6 is 0 Å². The minimum atomic E-state index is -3.01. The molecule has 0 bridgehead atoms. The lowest BCUT2D eigenvalue weighted by Crippen LogP contribution is -2.24. The van der Waals surface area contributed by atoms with Gasteiger partial charge in [0.2, 0.25) is 0 Å². The molecule has 1 fully saturated rings. The second-order valence-electron chi connectivity index (χ2n) is 4.90. The molecule has 1 aromatic rings. The van der Waals surface area contributed by atoms with Crippen LogP contribution < -0.4 is 4.74 Å². The summed E-state index contributed by atoms with van der Waals surface area (Å²) in [7, 11) is -1.62. The molecule has 2 atom stereocenters. The molecule has 106 valence electrons. The smallest absolute Gasteiger partial charge is 0.165 e. The van der Waals surface area contributed by atoms with Crippen LogP contribution in [0.5, 0.6) is 5.75 Å². The summed E-state index contributed by atoms with van der Waals surface area (Å²) in [6.45, 7) is 0. The molecule has 1 N–H and O–H groups in total. The minimum absolute atomic E-state index is 0.0206. The van der Waals surface area contributed by atoms with Crippen LogP contribution in [-0.2, 0) is 16.3 Å². The minimum Gasteiger partial charge on any atom is -0.494 e. The van der Waals surface area contributed by atoms with Gasteiger partial charge in [-0.2, -0.15) is 0 Å². The van der Waals surface area contributed by atoms with Gasteiger partial charge in [0.1, 0.15) is 0 Å². The highest BCUT2D eigenvalue weighted by molar-refractivity contribution is 7.91. The molecule has 6 heteroatoms. The van der Waals surface area contributed by atoms with Gasteiger partial charge in [0.25, 0.3) is 0 Å². The molecule has 1 aliphatic heterocycles. The predicted molar refractivity (Wildman–Crippen MR) is 69.4 cm³/mol. The van der Waals surface area contributed by atoms with E-state index in [2.05, 4.69) is 0 Å². The third-order valence-corrected chi connectivity index (χ3v) is 5.27. The van der Waals surface area contributed by atoms with Crippen molar-refractivity contribution in [3.63, 3.8) is 0 Å². The van der Waals surface area contributed by atoms with Crippen LogP contribution in [0.3, 0.4) is 0 Å². The van der Waals surface area contributed by atoms with Crippen molar-refractivity contribution in [3.05, 3.63) is 29.6 Å². The van der Waals surface area contributed by atoms with Crippen LogP contribution in [0.1, 0.15) is 12.0 Å². The van der Waals surface area contributed by atoms with Crippen molar-refractivity contribution in [3.8, 4) is 5.75 Å². The van der Waals surface area contributed by atoms with Crippen molar-refractivity contribution in [2.45, 2.75) is 18.9 Å². The van der Waals surface area contributed by atoms with Crippen LogP contribution in [0.25, 0.3) is 0 Å². The zero-order valence-electron chi connectivity index (χ0n) is 10.7. The van der Waals surface area contributed by atoms with Crippen molar-refractivity contribution < 1.29 is 22.7 Å². The van der Waals surface area contributed by atoms with Gasteiger partial charge < -0.3 is 9.84 Å². The SMILES string of the molecule is COc1ccc(CC(O)C2CCS(=O)(=O)C2)cc1F. The number of hydrogen-bond donors (Lipinski definition) is 1. The Morgan fingerprint density at radius 1 is 1.53 bits per heavy atom. The van der Waals surface area contributed by atoms with Crippen molar-refractivity contribution in [2.75, 3.05) is 18.6 Å². The highest BCUT2D eigenvalue weighted by Crippen LogP contribution is 2.25. The number of aliphatic hydroxyl groups is 1. The Bertz CT molecular complexity index is 556. The first-order valence-electron chi connectivity index (χ1n) is 6.12. The molecule has 1 heterocycles. The Kier molecular flexibility index (Phi) is 4.10. The van der Waals surface area contributed by atoms with Crippen LogP contribution in [0.2, 0.25) is 0 Å². The molecule has 1 saturated heterocycles. The topological polar surface area (TPSA) is 63.6 Å². The van der Waals surface area contributed by atoms with Crippen LogP contribution in [0, 0.1) is 11.7 Å². The van der Waals surface area contributed by atoms with Crippen LogP contribution in [-0.4, -0.2) is 38.2 Å². The molecule has 0 aromatic heterocycles. The van der Waals surface area contributed by atoms with Gasteiger partial charge in [-0.3, -0.25) is 0 Å². The first-order chi connectivity index (χ1) is 8.91. The number of hydrogen-bond acceptors (Lipinski definition) is 4. The Balaban J connectivity index is 2.03. The molecule has 0 amide bonds. The molecule has 2 unspecified atom stereocenters. The number of benzene rings is 1. The summed E-state index contributed by atoms with van der Waals surface area (Å²) >= 11 is 0. The summed E-state index contributed by atoms with van der Waals surface area (Å²) in [5.41, 5.74) is 0.634. The van der Waals surface area contributed by atoms with Crippen molar-refractivity contribution in [2.24, 2.45) is 5.92 Å². The fourth-order valence-electron chi connectivity index (χ4n) is 2.37. The standard InChI is InChI=1S/C13H17FO4S/c1-18-13-3-2-9(6-11(13)14)7-12(15)10-4-5-19(16,17)8-10/h2-3,6,10,12,15H,4-5,7-8H2,1H3. The predicted octanol–water partition coefficient (Wildman–Crippen LogP) is 1.17. The van der Waals surface area contributed by atoms with Crippen molar-refractivity contribution in [1.29, 1.82) is 0 Å². The summed E-state index contributed by atoms with van der Waals surface area (Å²) in [6.07, 6.45) is -0.0338. The number of aliphatic hydroxyl groups excluding tert-OH is 1. The number of halogens is 1. The Morgan fingerprint density at radius 3 is 2.79 bits per heavy atom. The summed E-state index contributed by atoms with van der Waals surface area (Å²) in [5.74, 6) is -0.429.